The number of rotatable bonds is 8. The molecule has 0 unspecified atom stereocenters. The molecule has 0 radical (unpaired) electrons. The first-order chi connectivity index (χ1) is 17.1. The van der Waals surface area contributed by atoms with Gasteiger partial charge in [0.1, 0.15) is 11.5 Å². The van der Waals surface area contributed by atoms with Crippen LogP contribution < -0.4 is 14.9 Å². The van der Waals surface area contributed by atoms with Crippen LogP contribution in [-0.4, -0.2) is 24.7 Å². The molecule has 7 heteroatoms. The van der Waals surface area contributed by atoms with Crippen molar-refractivity contribution in [3.63, 3.8) is 0 Å². The van der Waals surface area contributed by atoms with Gasteiger partial charge < -0.3 is 9.47 Å². The van der Waals surface area contributed by atoms with Gasteiger partial charge in [0.05, 0.1) is 11.8 Å². The number of hydrogen-bond donors (Lipinski definition) is 1. The quantitative estimate of drug-likeness (QED) is 0.0960. The van der Waals surface area contributed by atoms with Gasteiger partial charge in [0.15, 0.2) is 6.61 Å². The molecule has 1 N–H and O–H groups in total. The Morgan fingerprint density at radius 1 is 0.771 bits per heavy atom. The van der Waals surface area contributed by atoms with Crippen molar-refractivity contribution in [3.8, 4) is 22.6 Å². The zero-order valence-electron chi connectivity index (χ0n) is 18.6. The first-order valence-electron chi connectivity index (χ1n) is 10.8. The van der Waals surface area contributed by atoms with Crippen LogP contribution >= 0.6 is 22.6 Å². The molecular formula is C28H21IN2O4. The minimum Gasteiger partial charge on any atom is -0.484 e. The maximum Gasteiger partial charge on any atom is 0.344 e. The Morgan fingerprint density at radius 3 is 2.11 bits per heavy atom. The summed E-state index contributed by atoms with van der Waals surface area (Å²) in [5, 5.41) is 3.94. The van der Waals surface area contributed by atoms with E-state index in [1.807, 2.05) is 66.7 Å². The average molecular weight is 576 g/mol. The van der Waals surface area contributed by atoms with E-state index in [1.54, 1.807) is 36.4 Å². The van der Waals surface area contributed by atoms with E-state index in [0.29, 0.717) is 17.1 Å². The smallest absolute Gasteiger partial charge is 0.344 e. The summed E-state index contributed by atoms with van der Waals surface area (Å²) in [5.74, 6) is 0.219. The summed E-state index contributed by atoms with van der Waals surface area (Å²) in [6.45, 7) is -0.158. The van der Waals surface area contributed by atoms with Gasteiger partial charge in [-0.25, -0.2) is 10.2 Å². The number of halogens is 1. The van der Waals surface area contributed by atoms with E-state index in [1.165, 1.54) is 6.21 Å². The predicted octanol–water partition coefficient (Wildman–Crippen LogP) is 5.71. The Hall–Kier alpha value is -3.98. The summed E-state index contributed by atoms with van der Waals surface area (Å²) in [4.78, 5) is 24.3. The van der Waals surface area contributed by atoms with E-state index in [4.69, 9.17) is 9.47 Å². The number of hydrogen-bond acceptors (Lipinski definition) is 5. The summed E-state index contributed by atoms with van der Waals surface area (Å²) in [6, 6.07) is 31.6. The lowest BCUT2D eigenvalue weighted by Gasteiger charge is -2.07. The lowest BCUT2D eigenvalue weighted by molar-refractivity contribution is -0.123. The van der Waals surface area contributed by atoms with Crippen LogP contribution in [0.2, 0.25) is 0 Å². The molecule has 35 heavy (non-hydrogen) atoms. The Balaban J connectivity index is 1.23. The van der Waals surface area contributed by atoms with Crippen molar-refractivity contribution in [2.24, 2.45) is 5.10 Å². The van der Waals surface area contributed by atoms with E-state index in [0.717, 1.165) is 20.3 Å². The number of carbonyl (C=O) groups excluding carboxylic acids is 2. The molecule has 0 spiro atoms. The number of nitrogens with one attached hydrogen (secondary N) is 1. The van der Waals surface area contributed by atoms with Crippen LogP contribution in [-0.2, 0) is 4.79 Å². The lowest BCUT2D eigenvalue weighted by Crippen LogP contribution is -2.24. The van der Waals surface area contributed by atoms with Gasteiger partial charge in [0.2, 0.25) is 0 Å². The SMILES string of the molecule is O=C(COc1ccc(-c2ccccc2)cc1)N/N=C/c1ccc(OC(=O)c2ccccc2I)cc1. The van der Waals surface area contributed by atoms with E-state index in [2.05, 4.69) is 33.1 Å². The summed E-state index contributed by atoms with van der Waals surface area (Å²) in [5.41, 5.74) is 5.86. The van der Waals surface area contributed by atoms with Gasteiger partial charge in [-0.05, 0) is 87.8 Å². The summed E-state index contributed by atoms with van der Waals surface area (Å²) in [6.07, 6.45) is 1.50. The highest BCUT2D eigenvalue weighted by molar-refractivity contribution is 14.1. The van der Waals surface area contributed by atoms with E-state index < -0.39 is 5.97 Å². The molecule has 4 aromatic carbocycles. The topological polar surface area (TPSA) is 77.0 Å². The third-order valence-corrected chi connectivity index (χ3v) is 5.86. The predicted molar refractivity (Wildman–Crippen MR) is 144 cm³/mol. The minimum absolute atomic E-state index is 0.158. The molecule has 174 valence electrons. The number of ether oxygens (including phenoxy) is 2. The van der Waals surface area contributed by atoms with Crippen LogP contribution in [0.1, 0.15) is 15.9 Å². The molecule has 0 aliphatic heterocycles. The van der Waals surface area contributed by atoms with Crippen molar-refractivity contribution in [2.75, 3.05) is 6.61 Å². The van der Waals surface area contributed by atoms with E-state index in [-0.39, 0.29) is 12.5 Å². The highest BCUT2D eigenvalue weighted by Crippen LogP contribution is 2.22. The van der Waals surface area contributed by atoms with Crippen molar-refractivity contribution in [3.05, 3.63) is 118 Å². The largest absolute Gasteiger partial charge is 0.484 e. The van der Waals surface area contributed by atoms with Crippen LogP contribution in [0.25, 0.3) is 11.1 Å². The third-order valence-electron chi connectivity index (χ3n) is 4.92. The maximum absolute atomic E-state index is 12.3. The zero-order chi connectivity index (χ0) is 24.5. The molecule has 4 rings (SSSR count). The molecule has 0 heterocycles. The molecule has 0 saturated heterocycles. The molecule has 0 saturated carbocycles. The Morgan fingerprint density at radius 2 is 1.40 bits per heavy atom. The van der Waals surface area contributed by atoms with Crippen LogP contribution in [0.3, 0.4) is 0 Å². The van der Waals surface area contributed by atoms with Crippen molar-refractivity contribution in [1.82, 2.24) is 5.43 Å². The molecule has 0 aliphatic carbocycles. The van der Waals surface area contributed by atoms with Crippen LogP contribution in [0.5, 0.6) is 11.5 Å². The highest BCUT2D eigenvalue weighted by atomic mass is 127. The molecule has 0 aromatic heterocycles. The molecule has 0 atom stereocenters. The van der Waals surface area contributed by atoms with Gasteiger partial charge in [0, 0.05) is 3.57 Å². The Labute approximate surface area is 216 Å². The third kappa shape index (κ3) is 7.00. The van der Waals surface area contributed by atoms with Gasteiger partial charge in [0.25, 0.3) is 5.91 Å². The molecular weight excluding hydrogens is 555 g/mol. The second-order valence-electron chi connectivity index (χ2n) is 7.41. The van der Waals surface area contributed by atoms with Gasteiger partial charge in [-0.2, -0.15) is 5.10 Å². The zero-order valence-corrected chi connectivity index (χ0v) is 20.7. The normalized spacial score (nSPS) is 10.7. The fraction of sp³-hybridized carbons (Fsp3) is 0.0357. The number of nitrogens with zero attached hydrogens (tertiary/aromatic N) is 1. The summed E-state index contributed by atoms with van der Waals surface area (Å²) >= 11 is 2.09. The fourth-order valence-corrected chi connectivity index (χ4v) is 3.75. The first kappa shape index (κ1) is 24.2. The number of esters is 1. The molecule has 0 bridgehead atoms. The number of hydrazone groups is 1. The molecule has 6 nitrogen and oxygen atoms in total. The standard InChI is InChI=1S/C28H21IN2O4/c29-26-9-5-4-8-25(26)28(33)35-24-14-10-20(11-15-24)18-30-31-27(32)19-34-23-16-12-22(13-17-23)21-6-2-1-3-7-21/h1-18H,19H2,(H,31,32)/b30-18+. The summed E-state index contributed by atoms with van der Waals surface area (Å²) in [7, 11) is 0. The van der Waals surface area contributed by atoms with Crippen LogP contribution in [0.4, 0.5) is 0 Å². The number of benzene rings is 4. The van der Waals surface area contributed by atoms with Crippen molar-refractivity contribution in [2.45, 2.75) is 0 Å². The Kier molecular flexibility index (Phi) is 8.24. The number of carbonyl (C=O) groups is 2. The fourth-order valence-electron chi connectivity index (χ4n) is 3.14. The van der Waals surface area contributed by atoms with Gasteiger partial charge >= 0.3 is 5.97 Å². The maximum atomic E-state index is 12.3. The monoisotopic (exact) mass is 576 g/mol. The van der Waals surface area contributed by atoms with Gasteiger partial charge in [-0.1, -0.05) is 54.6 Å². The van der Waals surface area contributed by atoms with E-state index in [9.17, 15) is 9.59 Å². The molecule has 4 aromatic rings. The van der Waals surface area contributed by atoms with E-state index >= 15 is 0 Å². The highest BCUT2D eigenvalue weighted by Gasteiger charge is 2.11. The molecule has 0 aliphatic rings. The summed E-state index contributed by atoms with van der Waals surface area (Å²) < 4.78 is 11.8. The Bertz CT molecular complexity index is 1320. The molecule has 0 fully saturated rings. The van der Waals surface area contributed by atoms with Crippen LogP contribution in [0.15, 0.2) is 108 Å². The second-order valence-corrected chi connectivity index (χ2v) is 8.57. The van der Waals surface area contributed by atoms with Gasteiger partial charge in [-0.3, -0.25) is 4.79 Å². The van der Waals surface area contributed by atoms with Crippen molar-refractivity contribution >= 4 is 40.7 Å². The minimum atomic E-state index is -0.418. The van der Waals surface area contributed by atoms with Gasteiger partial charge in [-0.15, -0.1) is 0 Å². The average Bonchev–Trinajstić information content (AvgIpc) is 2.89. The van der Waals surface area contributed by atoms with Crippen molar-refractivity contribution < 1.29 is 19.1 Å². The number of amides is 1. The van der Waals surface area contributed by atoms with Crippen molar-refractivity contribution in [1.29, 1.82) is 0 Å². The molecule has 1 amide bonds. The second kappa shape index (κ2) is 11.9. The first-order valence-corrected chi connectivity index (χ1v) is 11.8. The lowest BCUT2D eigenvalue weighted by atomic mass is 10.1. The van der Waals surface area contributed by atoms with Crippen LogP contribution in [0, 0.1) is 3.57 Å².